The second kappa shape index (κ2) is 11.7. The van der Waals surface area contributed by atoms with Crippen molar-refractivity contribution < 1.29 is 0 Å². The molecule has 0 amide bonds. The van der Waals surface area contributed by atoms with Gasteiger partial charge in [0.2, 0.25) is 0 Å². The smallest absolute Gasteiger partial charge is 0.0789 e. The summed E-state index contributed by atoms with van der Waals surface area (Å²) < 4.78 is 4.97. The van der Waals surface area contributed by atoms with E-state index in [2.05, 4.69) is 186 Å². The predicted octanol–water partition coefficient (Wildman–Crippen LogP) is 12.7. The first-order valence-corrected chi connectivity index (χ1v) is 16.8. The second-order valence-electron chi connectivity index (χ2n) is 12.7. The molecule has 49 heavy (non-hydrogen) atoms. The van der Waals surface area contributed by atoms with E-state index in [-0.39, 0.29) is 0 Å². The lowest BCUT2D eigenvalue weighted by Gasteiger charge is -2.15. The number of benzene rings is 7. The molecule has 0 atom stereocenters. The van der Waals surface area contributed by atoms with E-state index in [1.54, 1.807) is 0 Å². The zero-order chi connectivity index (χ0) is 32.9. The molecule has 0 spiro atoms. The minimum atomic E-state index is 1.13. The van der Waals surface area contributed by atoms with Crippen LogP contribution in [-0.2, 0) is 0 Å². The third kappa shape index (κ3) is 4.64. The zero-order valence-corrected chi connectivity index (χ0v) is 27.3. The van der Waals surface area contributed by atoms with E-state index in [0.717, 1.165) is 11.4 Å². The number of rotatable bonds is 6. The van der Waals surface area contributed by atoms with Crippen LogP contribution >= 0.6 is 0 Å². The molecule has 9 rings (SSSR count). The van der Waals surface area contributed by atoms with Crippen LogP contribution in [-0.4, -0.2) is 9.13 Å². The van der Waals surface area contributed by atoms with Crippen molar-refractivity contribution in [3.63, 3.8) is 0 Å². The van der Waals surface area contributed by atoms with Gasteiger partial charge in [-0.25, -0.2) is 0 Å². The number of allylic oxidation sites excluding steroid dienone is 2. The number of para-hydroxylation sites is 2. The van der Waals surface area contributed by atoms with Gasteiger partial charge in [0, 0.05) is 32.9 Å². The van der Waals surface area contributed by atoms with E-state index in [1.807, 2.05) is 12.2 Å². The molecule has 0 fully saturated rings. The molecule has 2 heteroatoms. The summed E-state index contributed by atoms with van der Waals surface area (Å²) in [6.45, 7) is 6.16. The van der Waals surface area contributed by atoms with Gasteiger partial charge in [-0.3, -0.25) is 0 Å². The van der Waals surface area contributed by atoms with Crippen LogP contribution in [0.2, 0.25) is 0 Å². The van der Waals surface area contributed by atoms with Crippen LogP contribution < -0.4 is 0 Å². The van der Waals surface area contributed by atoms with Gasteiger partial charge in [0.1, 0.15) is 0 Å². The normalized spacial score (nSPS) is 11.8. The van der Waals surface area contributed by atoms with Crippen LogP contribution in [0, 0.1) is 6.92 Å². The predicted molar refractivity (Wildman–Crippen MR) is 210 cm³/mol. The second-order valence-corrected chi connectivity index (χ2v) is 12.7. The van der Waals surface area contributed by atoms with Crippen molar-refractivity contribution >= 4 is 49.7 Å². The SMILES string of the molecule is C=C/C=C\c1ccc2c(c1C)c1ccc3c4ccccc4n(-c4cc(-c5ccccc5)cc(-c5ccccc5)c4)c3c1n2-c1ccccc1. The summed E-state index contributed by atoms with van der Waals surface area (Å²) in [5, 5.41) is 4.98. The Hall–Kier alpha value is -6.38. The van der Waals surface area contributed by atoms with Crippen LogP contribution in [0.15, 0.2) is 176 Å². The molecule has 2 heterocycles. The Balaban J connectivity index is 1.48. The van der Waals surface area contributed by atoms with Gasteiger partial charge < -0.3 is 9.13 Å². The van der Waals surface area contributed by atoms with Gasteiger partial charge >= 0.3 is 0 Å². The summed E-state index contributed by atoms with van der Waals surface area (Å²) in [5.74, 6) is 0. The van der Waals surface area contributed by atoms with Gasteiger partial charge in [-0.1, -0.05) is 140 Å². The highest BCUT2D eigenvalue weighted by Crippen LogP contribution is 2.44. The molecular formula is C47H34N2. The average molecular weight is 627 g/mol. The molecule has 0 bridgehead atoms. The first-order valence-electron chi connectivity index (χ1n) is 16.8. The lowest BCUT2D eigenvalue weighted by atomic mass is 9.98. The van der Waals surface area contributed by atoms with Gasteiger partial charge in [0.15, 0.2) is 0 Å². The van der Waals surface area contributed by atoms with E-state index >= 15 is 0 Å². The fourth-order valence-corrected chi connectivity index (χ4v) is 7.63. The minimum absolute atomic E-state index is 1.13. The van der Waals surface area contributed by atoms with Crippen LogP contribution in [0.3, 0.4) is 0 Å². The molecule has 0 N–H and O–H groups in total. The monoisotopic (exact) mass is 626 g/mol. The summed E-state index contributed by atoms with van der Waals surface area (Å²) in [6, 6.07) is 57.3. The standard InChI is InChI=1S/C47H34N2/c1-3-4-16-33-25-28-44-45(32(33)2)42-27-26-41-40-23-14-15-24-43(40)49(46(41)47(42)48(44)38-21-12-7-13-22-38)39-30-36(34-17-8-5-9-18-34)29-37(31-39)35-19-10-6-11-20-35/h3-31H,1H2,2H3/b16-4-. The lowest BCUT2D eigenvalue weighted by Crippen LogP contribution is -1.99. The Morgan fingerprint density at radius 3 is 1.71 bits per heavy atom. The summed E-state index contributed by atoms with van der Waals surface area (Å²) >= 11 is 0. The molecule has 0 radical (unpaired) electrons. The largest absolute Gasteiger partial charge is 0.307 e. The third-order valence-electron chi connectivity index (χ3n) is 9.85. The number of aryl methyl sites for hydroxylation is 1. The van der Waals surface area contributed by atoms with Gasteiger partial charge in [0.25, 0.3) is 0 Å². The summed E-state index contributed by atoms with van der Waals surface area (Å²) in [5.41, 5.74) is 14.3. The maximum Gasteiger partial charge on any atom is 0.0789 e. The highest BCUT2D eigenvalue weighted by atomic mass is 15.0. The quantitative estimate of drug-likeness (QED) is 0.163. The fraction of sp³-hybridized carbons (Fsp3) is 0.0213. The van der Waals surface area contributed by atoms with Crippen LogP contribution in [0.4, 0.5) is 0 Å². The Morgan fingerprint density at radius 1 is 0.469 bits per heavy atom. The molecule has 9 aromatic rings. The lowest BCUT2D eigenvalue weighted by molar-refractivity contribution is 1.15. The summed E-state index contributed by atoms with van der Waals surface area (Å²) in [6.07, 6.45) is 6.01. The Labute approximate surface area is 286 Å². The maximum atomic E-state index is 3.91. The first kappa shape index (κ1) is 28.8. The number of nitrogens with zero attached hydrogens (tertiary/aromatic N) is 2. The topological polar surface area (TPSA) is 9.86 Å². The maximum absolute atomic E-state index is 3.91. The van der Waals surface area contributed by atoms with E-state index in [0.29, 0.717) is 0 Å². The molecule has 0 aliphatic rings. The number of hydrogen-bond donors (Lipinski definition) is 0. The minimum Gasteiger partial charge on any atom is -0.307 e. The Bertz CT molecular complexity index is 2650. The third-order valence-corrected chi connectivity index (χ3v) is 9.85. The molecule has 232 valence electrons. The highest BCUT2D eigenvalue weighted by Gasteiger charge is 2.23. The molecule has 0 aliphatic carbocycles. The molecule has 0 saturated heterocycles. The van der Waals surface area contributed by atoms with Gasteiger partial charge in [-0.2, -0.15) is 0 Å². The fourth-order valence-electron chi connectivity index (χ4n) is 7.63. The Morgan fingerprint density at radius 2 is 1.04 bits per heavy atom. The number of fused-ring (bicyclic) bond motifs is 7. The van der Waals surface area contributed by atoms with Crippen molar-refractivity contribution in [3.8, 4) is 33.6 Å². The molecule has 0 unspecified atom stereocenters. The summed E-state index contributed by atoms with van der Waals surface area (Å²) in [7, 11) is 0. The van der Waals surface area contributed by atoms with E-state index in [4.69, 9.17) is 0 Å². The van der Waals surface area contributed by atoms with E-state index in [1.165, 1.54) is 77.0 Å². The first-order chi connectivity index (χ1) is 24.2. The van der Waals surface area contributed by atoms with Crippen LogP contribution in [0.25, 0.3) is 83.3 Å². The molecule has 7 aromatic carbocycles. The molecule has 0 aliphatic heterocycles. The van der Waals surface area contributed by atoms with E-state index in [9.17, 15) is 0 Å². The molecular weight excluding hydrogens is 593 g/mol. The van der Waals surface area contributed by atoms with Crippen molar-refractivity contribution in [1.29, 1.82) is 0 Å². The molecule has 2 aromatic heterocycles. The van der Waals surface area contributed by atoms with Crippen molar-refractivity contribution in [3.05, 3.63) is 188 Å². The zero-order valence-electron chi connectivity index (χ0n) is 27.3. The van der Waals surface area contributed by atoms with Crippen molar-refractivity contribution in [2.45, 2.75) is 6.92 Å². The van der Waals surface area contributed by atoms with Crippen molar-refractivity contribution in [2.24, 2.45) is 0 Å². The van der Waals surface area contributed by atoms with Gasteiger partial charge in [0.05, 0.1) is 22.1 Å². The van der Waals surface area contributed by atoms with Crippen molar-refractivity contribution in [2.75, 3.05) is 0 Å². The van der Waals surface area contributed by atoms with Crippen molar-refractivity contribution in [1.82, 2.24) is 9.13 Å². The van der Waals surface area contributed by atoms with Gasteiger partial charge in [-0.05, 0) is 82.8 Å². The number of hydrogen-bond acceptors (Lipinski definition) is 0. The van der Waals surface area contributed by atoms with Crippen LogP contribution in [0.5, 0.6) is 0 Å². The van der Waals surface area contributed by atoms with E-state index < -0.39 is 0 Å². The van der Waals surface area contributed by atoms with Gasteiger partial charge in [-0.15, -0.1) is 0 Å². The average Bonchev–Trinajstić information content (AvgIpc) is 3.69. The summed E-state index contributed by atoms with van der Waals surface area (Å²) in [4.78, 5) is 0. The van der Waals surface area contributed by atoms with Crippen LogP contribution in [0.1, 0.15) is 11.1 Å². The Kier molecular flexibility index (Phi) is 6.88. The number of aromatic nitrogens is 2. The molecule has 0 saturated carbocycles. The highest BCUT2D eigenvalue weighted by molar-refractivity contribution is 6.24. The molecule has 2 nitrogen and oxygen atoms in total.